The molecule has 2 rings (SSSR count). The first kappa shape index (κ1) is 24.4. The first-order valence-electron chi connectivity index (χ1n) is 9.84. The predicted octanol–water partition coefficient (Wildman–Crippen LogP) is 2.86. The lowest BCUT2D eigenvalue weighted by Crippen LogP contribution is -2.60. The SMILES string of the molecule is COc1cc(O)c(C(=O)Nc2nc(C(=O)NC(CN)(C(C)C)C(C)C)cs2)cc1OC. The second-order valence-electron chi connectivity index (χ2n) is 7.72. The fourth-order valence-corrected chi connectivity index (χ4v) is 4.09. The largest absolute Gasteiger partial charge is 0.507 e. The van der Waals surface area contributed by atoms with E-state index in [9.17, 15) is 14.7 Å². The Kier molecular flexibility index (Phi) is 7.85. The quantitative estimate of drug-likeness (QED) is 0.461. The molecule has 1 aromatic carbocycles. The normalized spacial score (nSPS) is 11.5. The standard InChI is InChI=1S/C21H30N4O5S/c1-11(2)21(10-22,12(3)4)25-19(28)14-9-31-20(23-14)24-18(27)13-7-16(29-5)17(30-6)8-15(13)26/h7-9,11-12,26H,10,22H2,1-6H3,(H,25,28)(H,23,24,27). The average Bonchev–Trinajstić information content (AvgIpc) is 3.19. The van der Waals surface area contributed by atoms with Crippen molar-refractivity contribution in [2.45, 2.75) is 33.2 Å². The van der Waals surface area contributed by atoms with Crippen molar-refractivity contribution in [2.75, 3.05) is 26.1 Å². The molecule has 0 aliphatic heterocycles. The van der Waals surface area contributed by atoms with E-state index in [0.717, 1.165) is 11.3 Å². The smallest absolute Gasteiger partial charge is 0.271 e. The zero-order chi connectivity index (χ0) is 23.3. The van der Waals surface area contributed by atoms with Gasteiger partial charge in [-0.25, -0.2) is 4.98 Å². The highest BCUT2D eigenvalue weighted by atomic mass is 32.1. The maximum atomic E-state index is 12.8. The molecule has 170 valence electrons. The summed E-state index contributed by atoms with van der Waals surface area (Å²) in [6, 6.07) is 2.66. The third kappa shape index (κ3) is 5.08. The topological polar surface area (TPSA) is 136 Å². The second kappa shape index (κ2) is 9.97. The first-order chi connectivity index (χ1) is 14.6. The van der Waals surface area contributed by atoms with Gasteiger partial charge in [0, 0.05) is 24.1 Å². The maximum absolute atomic E-state index is 12.8. The van der Waals surface area contributed by atoms with Crippen molar-refractivity contribution in [2.24, 2.45) is 17.6 Å². The molecule has 5 N–H and O–H groups in total. The molecule has 10 heteroatoms. The molecule has 0 spiro atoms. The summed E-state index contributed by atoms with van der Waals surface area (Å²) in [6.07, 6.45) is 0. The third-order valence-electron chi connectivity index (χ3n) is 5.45. The van der Waals surface area contributed by atoms with E-state index in [1.54, 1.807) is 5.38 Å². The molecule has 1 heterocycles. The number of hydrogen-bond donors (Lipinski definition) is 4. The third-order valence-corrected chi connectivity index (χ3v) is 6.21. The molecule has 0 unspecified atom stereocenters. The molecular formula is C21H30N4O5S. The molecular weight excluding hydrogens is 420 g/mol. The number of phenolic OH excluding ortho intramolecular Hbond substituents is 1. The number of aromatic nitrogens is 1. The minimum atomic E-state index is -0.597. The summed E-state index contributed by atoms with van der Waals surface area (Å²) in [7, 11) is 2.86. The van der Waals surface area contributed by atoms with Crippen LogP contribution in [0.5, 0.6) is 17.2 Å². The summed E-state index contributed by atoms with van der Waals surface area (Å²) in [5.74, 6) is -0.404. The van der Waals surface area contributed by atoms with E-state index in [0.29, 0.717) is 18.0 Å². The van der Waals surface area contributed by atoms with Gasteiger partial charge in [-0.15, -0.1) is 11.3 Å². The summed E-state index contributed by atoms with van der Waals surface area (Å²) in [4.78, 5) is 29.6. The summed E-state index contributed by atoms with van der Waals surface area (Å²) in [5, 5.41) is 17.6. The number of ether oxygens (including phenoxy) is 2. The number of aromatic hydroxyl groups is 1. The van der Waals surface area contributed by atoms with Crippen LogP contribution in [0.3, 0.4) is 0 Å². The van der Waals surface area contributed by atoms with Gasteiger partial charge < -0.3 is 25.6 Å². The summed E-state index contributed by atoms with van der Waals surface area (Å²) >= 11 is 1.10. The van der Waals surface area contributed by atoms with Gasteiger partial charge in [0.1, 0.15) is 11.4 Å². The van der Waals surface area contributed by atoms with Crippen LogP contribution < -0.4 is 25.8 Å². The van der Waals surface area contributed by atoms with Crippen molar-refractivity contribution in [3.63, 3.8) is 0 Å². The van der Waals surface area contributed by atoms with E-state index in [4.69, 9.17) is 15.2 Å². The minimum absolute atomic E-state index is 0.0133. The van der Waals surface area contributed by atoms with Gasteiger partial charge in [-0.05, 0) is 11.8 Å². The van der Waals surface area contributed by atoms with Crippen LogP contribution in [-0.4, -0.2) is 48.2 Å². The van der Waals surface area contributed by atoms with Gasteiger partial charge in [-0.2, -0.15) is 0 Å². The molecule has 9 nitrogen and oxygen atoms in total. The van der Waals surface area contributed by atoms with Crippen molar-refractivity contribution in [3.05, 3.63) is 28.8 Å². The number of methoxy groups -OCH3 is 2. The number of anilines is 1. The van der Waals surface area contributed by atoms with Gasteiger partial charge in [0.05, 0.1) is 25.3 Å². The van der Waals surface area contributed by atoms with Gasteiger partial charge in [0.15, 0.2) is 16.6 Å². The van der Waals surface area contributed by atoms with Gasteiger partial charge >= 0.3 is 0 Å². The summed E-state index contributed by atoms with van der Waals surface area (Å²) in [5.41, 5.74) is 5.59. The number of thiazole rings is 1. The van der Waals surface area contributed by atoms with Crippen LogP contribution in [0.15, 0.2) is 17.5 Å². The van der Waals surface area contributed by atoms with Crippen molar-refractivity contribution in [1.29, 1.82) is 0 Å². The number of rotatable bonds is 9. The fraction of sp³-hybridized carbons (Fsp3) is 0.476. The molecule has 0 aliphatic rings. The molecule has 0 aliphatic carbocycles. The first-order valence-corrected chi connectivity index (χ1v) is 10.7. The lowest BCUT2D eigenvalue weighted by molar-refractivity contribution is 0.0808. The van der Waals surface area contributed by atoms with Gasteiger partial charge in [-0.1, -0.05) is 27.7 Å². The van der Waals surface area contributed by atoms with E-state index in [1.807, 2.05) is 27.7 Å². The van der Waals surface area contributed by atoms with Crippen molar-refractivity contribution >= 4 is 28.3 Å². The number of phenols is 1. The number of carbonyl (C=O) groups excluding carboxylic acids is 2. The van der Waals surface area contributed by atoms with E-state index in [1.165, 1.54) is 26.4 Å². The number of nitrogens with zero attached hydrogens (tertiary/aromatic N) is 1. The lowest BCUT2D eigenvalue weighted by Gasteiger charge is -2.41. The Bertz CT molecular complexity index is 934. The van der Waals surface area contributed by atoms with Gasteiger partial charge in [-0.3, -0.25) is 14.9 Å². The van der Waals surface area contributed by atoms with E-state index in [2.05, 4.69) is 15.6 Å². The van der Waals surface area contributed by atoms with E-state index < -0.39 is 11.4 Å². The van der Waals surface area contributed by atoms with Gasteiger partial charge in [0.25, 0.3) is 11.8 Å². The monoisotopic (exact) mass is 450 g/mol. The number of carbonyl (C=O) groups is 2. The van der Waals surface area contributed by atoms with Crippen LogP contribution >= 0.6 is 11.3 Å². The highest BCUT2D eigenvalue weighted by molar-refractivity contribution is 7.14. The maximum Gasteiger partial charge on any atom is 0.271 e. The molecule has 0 saturated carbocycles. The van der Waals surface area contributed by atoms with Crippen LogP contribution in [-0.2, 0) is 0 Å². The number of nitrogens with two attached hydrogens (primary N) is 1. The molecule has 0 fully saturated rings. The lowest BCUT2D eigenvalue weighted by atomic mass is 9.77. The Morgan fingerprint density at radius 1 is 1.13 bits per heavy atom. The highest BCUT2D eigenvalue weighted by Gasteiger charge is 2.38. The molecule has 1 aromatic heterocycles. The van der Waals surface area contributed by atoms with Gasteiger partial charge in [0.2, 0.25) is 0 Å². The van der Waals surface area contributed by atoms with Crippen LogP contribution in [0.25, 0.3) is 0 Å². The molecule has 0 atom stereocenters. The predicted molar refractivity (Wildman–Crippen MR) is 120 cm³/mol. The number of amides is 2. The number of benzene rings is 1. The average molecular weight is 451 g/mol. The molecule has 2 aromatic rings. The minimum Gasteiger partial charge on any atom is -0.507 e. The zero-order valence-electron chi connectivity index (χ0n) is 18.6. The highest BCUT2D eigenvalue weighted by Crippen LogP contribution is 2.34. The Morgan fingerprint density at radius 2 is 1.71 bits per heavy atom. The Hall–Kier alpha value is -2.85. The van der Waals surface area contributed by atoms with Crippen molar-refractivity contribution in [1.82, 2.24) is 10.3 Å². The van der Waals surface area contributed by atoms with E-state index >= 15 is 0 Å². The number of hydrogen-bond acceptors (Lipinski definition) is 8. The van der Waals surface area contributed by atoms with Crippen molar-refractivity contribution < 1.29 is 24.2 Å². The Morgan fingerprint density at radius 3 is 2.23 bits per heavy atom. The molecule has 0 bridgehead atoms. The second-order valence-corrected chi connectivity index (χ2v) is 8.58. The zero-order valence-corrected chi connectivity index (χ0v) is 19.4. The molecule has 31 heavy (non-hydrogen) atoms. The van der Waals surface area contributed by atoms with Crippen LogP contribution in [0.2, 0.25) is 0 Å². The summed E-state index contributed by atoms with van der Waals surface area (Å²) < 4.78 is 10.3. The summed E-state index contributed by atoms with van der Waals surface area (Å²) in [6.45, 7) is 8.33. The van der Waals surface area contributed by atoms with E-state index in [-0.39, 0.29) is 39.9 Å². The van der Waals surface area contributed by atoms with Crippen LogP contribution in [0.4, 0.5) is 5.13 Å². The number of nitrogens with one attached hydrogen (secondary N) is 2. The van der Waals surface area contributed by atoms with Crippen molar-refractivity contribution in [3.8, 4) is 17.2 Å². The molecule has 0 saturated heterocycles. The Labute approximate surface area is 186 Å². The van der Waals surface area contributed by atoms with Crippen LogP contribution in [0, 0.1) is 11.8 Å². The Balaban J connectivity index is 2.20. The molecule has 2 amide bonds. The van der Waals surface area contributed by atoms with Crippen LogP contribution in [0.1, 0.15) is 48.5 Å². The fourth-order valence-electron chi connectivity index (χ4n) is 3.40. The molecule has 0 radical (unpaired) electrons.